The van der Waals surface area contributed by atoms with E-state index in [1.54, 1.807) is 18.3 Å². The summed E-state index contributed by atoms with van der Waals surface area (Å²) in [6, 6.07) is 6.83. The van der Waals surface area contributed by atoms with Crippen molar-refractivity contribution in [1.82, 2.24) is 14.9 Å². The van der Waals surface area contributed by atoms with E-state index in [1.165, 1.54) is 6.07 Å². The molecule has 1 aromatic heterocycles. The molecule has 112 valence electrons. The lowest BCUT2D eigenvalue weighted by atomic mass is 10.1. The lowest BCUT2D eigenvalue weighted by Crippen LogP contribution is -2.24. The fourth-order valence-corrected chi connectivity index (χ4v) is 2.29. The van der Waals surface area contributed by atoms with Crippen LogP contribution in [0.25, 0.3) is 0 Å². The first-order valence-electron chi connectivity index (χ1n) is 6.98. The van der Waals surface area contributed by atoms with Gasteiger partial charge >= 0.3 is 0 Å². The van der Waals surface area contributed by atoms with Crippen molar-refractivity contribution in [3.63, 3.8) is 0 Å². The molecule has 1 unspecified atom stereocenters. The third kappa shape index (κ3) is 4.13. The SMILES string of the molecule is Cc1nccn1CC(C)CNCc1ccccc1[N+](=O)[O-]. The van der Waals surface area contributed by atoms with Crippen molar-refractivity contribution in [3.8, 4) is 0 Å². The molecule has 1 aromatic carbocycles. The van der Waals surface area contributed by atoms with Crippen molar-refractivity contribution < 1.29 is 4.92 Å². The van der Waals surface area contributed by atoms with E-state index in [-0.39, 0.29) is 10.6 Å². The molecule has 0 saturated carbocycles. The average molecular weight is 288 g/mol. The number of nitro groups is 1. The summed E-state index contributed by atoms with van der Waals surface area (Å²) in [5.74, 6) is 1.42. The second kappa shape index (κ2) is 6.99. The number of rotatable bonds is 7. The van der Waals surface area contributed by atoms with Gasteiger partial charge in [0.05, 0.1) is 4.92 Å². The van der Waals surface area contributed by atoms with Crippen LogP contribution in [0.3, 0.4) is 0 Å². The van der Waals surface area contributed by atoms with Crippen LogP contribution < -0.4 is 5.32 Å². The normalized spacial score (nSPS) is 12.3. The summed E-state index contributed by atoms with van der Waals surface area (Å²) in [5.41, 5.74) is 0.886. The molecule has 1 atom stereocenters. The lowest BCUT2D eigenvalue weighted by molar-refractivity contribution is -0.385. The lowest BCUT2D eigenvalue weighted by Gasteiger charge is -2.14. The number of nitrogens with one attached hydrogen (secondary N) is 1. The summed E-state index contributed by atoms with van der Waals surface area (Å²) in [4.78, 5) is 14.8. The van der Waals surface area contributed by atoms with Gasteiger partial charge in [0.2, 0.25) is 0 Å². The van der Waals surface area contributed by atoms with Gasteiger partial charge < -0.3 is 9.88 Å². The maximum atomic E-state index is 10.9. The highest BCUT2D eigenvalue weighted by Crippen LogP contribution is 2.17. The summed E-state index contributed by atoms with van der Waals surface area (Å²) in [6.45, 7) is 6.31. The summed E-state index contributed by atoms with van der Waals surface area (Å²) < 4.78 is 2.11. The number of aromatic nitrogens is 2. The van der Waals surface area contributed by atoms with E-state index in [0.29, 0.717) is 18.0 Å². The largest absolute Gasteiger partial charge is 0.335 e. The topological polar surface area (TPSA) is 73.0 Å². The fourth-order valence-electron chi connectivity index (χ4n) is 2.29. The highest BCUT2D eigenvalue weighted by atomic mass is 16.6. The van der Waals surface area contributed by atoms with E-state index < -0.39 is 0 Å². The quantitative estimate of drug-likeness (QED) is 0.627. The smallest absolute Gasteiger partial charge is 0.273 e. The van der Waals surface area contributed by atoms with E-state index in [0.717, 1.165) is 18.9 Å². The van der Waals surface area contributed by atoms with Gasteiger partial charge in [0.1, 0.15) is 5.82 Å². The predicted octanol–water partition coefficient (Wildman–Crippen LogP) is 2.53. The molecule has 0 spiro atoms. The standard InChI is InChI=1S/C15H20N4O2/c1-12(11-18-8-7-17-13(18)2)9-16-10-14-5-3-4-6-15(14)19(20)21/h3-8,12,16H,9-11H2,1-2H3. The monoisotopic (exact) mass is 288 g/mol. The van der Waals surface area contributed by atoms with Crippen LogP contribution >= 0.6 is 0 Å². The van der Waals surface area contributed by atoms with Crippen LogP contribution in [0.15, 0.2) is 36.7 Å². The van der Waals surface area contributed by atoms with Crippen LogP contribution in [-0.2, 0) is 13.1 Å². The van der Waals surface area contributed by atoms with Gasteiger partial charge in [-0.2, -0.15) is 0 Å². The third-order valence-electron chi connectivity index (χ3n) is 3.43. The molecule has 21 heavy (non-hydrogen) atoms. The molecule has 1 heterocycles. The van der Waals surface area contributed by atoms with E-state index in [9.17, 15) is 10.1 Å². The average Bonchev–Trinajstić information content (AvgIpc) is 2.84. The van der Waals surface area contributed by atoms with Crippen LogP contribution in [-0.4, -0.2) is 21.0 Å². The van der Waals surface area contributed by atoms with E-state index in [2.05, 4.69) is 21.8 Å². The molecular weight excluding hydrogens is 268 g/mol. The molecule has 0 saturated heterocycles. The highest BCUT2D eigenvalue weighted by molar-refractivity contribution is 5.39. The Morgan fingerprint density at radius 3 is 2.86 bits per heavy atom. The summed E-state index contributed by atoms with van der Waals surface area (Å²) in [7, 11) is 0. The summed E-state index contributed by atoms with van der Waals surface area (Å²) >= 11 is 0. The zero-order valence-electron chi connectivity index (χ0n) is 12.3. The number of hydrogen-bond acceptors (Lipinski definition) is 4. The van der Waals surface area contributed by atoms with E-state index in [4.69, 9.17) is 0 Å². The maximum absolute atomic E-state index is 10.9. The van der Waals surface area contributed by atoms with Gasteiger partial charge in [0, 0.05) is 37.1 Å². The Morgan fingerprint density at radius 1 is 1.43 bits per heavy atom. The van der Waals surface area contributed by atoms with Crippen LogP contribution in [0.5, 0.6) is 0 Å². The Labute approximate surface area is 124 Å². The first-order chi connectivity index (χ1) is 10.1. The minimum Gasteiger partial charge on any atom is -0.335 e. The van der Waals surface area contributed by atoms with Gasteiger partial charge in [-0.25, -0.2) is 4.98 Å². The minimum atomic E-state index is -0.338. The van der Waals surface area contributed by atoms with Crippen molar-refractivity contribution >= 4 is 5.69 Å². The molecule has 6 heteroatoms. The molecule has 0 aliphatic rings. The first-order valence-corrected chi connectivity index (χ1v) is 6.98. The van der Waals surface area contributed by atoms with Gasteiger partial charge in [0.15, 0.2) is 0 Å². The highest BCUT2D eigenvalue weighted by Gasteiger charge is 2.12. The van der Waals surface area contributed by atoms with Crippen LogP contribution in [0.1, 0.15) is 18.3 Å². The van der Waals surface area contributed by atoms with Gasteiger partial charge in [-0.3, -0.25) is 10.1 Å². The molecular formula is C15H20N4O2. The molecule has 1 N–H and O–H groups in total. The van der Waals surface area contributed by atoms with E-state index >= 15 is 0 Å². The molecule has 0 bridgehead atoms. The van der Waals surface area contributed by atoms with Gasteiger partial charge in [-0.15, -0.1) is 0 Å². The number of imidazole rings is 1. The Kier molecular flexibility index (Phi) is 5.05. The fraction of sp³-hybridized carbons (Fsp3) is 0.400. The Balaban J connectivity index is 1.84. The van der Waals surface area contributed by atoms with Crippen LogP contribution in [0, 0.1) is 23.0 Å². The number of aryl methyl sites for hydroxylation is 1. The molecule has 0 fully saturated rings. The summed E-state index contributed by atoms with van der Waals surface area (Å²) in [6.07, 6.45) is 3.76. The number of nitro benzene ring substituents is 1. The molecule has 6 nitrogen and oxygen atoms in total. The van der Waals surface area contributed by atoms with Crippen LogP contribution in [0.4, 0.5) is 5.69 Å². The molecule has 2 rings (SSSR count). The Bertz CT molecular complexity index is 609. The number of nitrogens with zero attached hydrogens (tertiary/aromatic N) is 3. The maximum Gasteiger partial charge on any atom is 0.273 e. The van der Waals surface area contributed by atoms with Crippen molar-refractivity contribution in [2.24, 2.45) is 5.92 Å². The minimum absolute atomic E-state index is 0.170. The zero-order valence-corrected chi connectivity index (χ0v) is 12.3. The van der Waals surface area contributed by atoms with Gasteiger partial charge in [-0.05, 0) is 19.4 Å². The molecule has 0 aliphatic heterocycles. The summed E-state index contributed by atoms with van der Waals surface area (Å²) in [5, 5.41) is 14.2. The predicted molar refractivity (Wildman–Crippen MR) is 80.9 cm³/mol. The molecule has 0 amide bonds. The molecule has 0 radical (unpaired) electrons. The number of benzene rings is 1. The van der Waals surface area contributed by atoms with Crippen molar-refractivity contribution in [1.29, 1.82) is 0 Å². The molecule has 2 aromatic rings. The van der Waals surface area contributed by atoms with E-state index in [1.807, 2.05) is 19.2 Å². The third-order valence-corrected chi connectivity index (χ3v) is 3.43. The first kappa shape index (κ1) is 15.2. The van der Waals surface area contributed by atoms with Gasteiger partial charge in [0.25, 0.3) is 5.69 Å². The Hall–Kier alpha value is -2.21. The number of hydrogen-bond donors (Lipinski definition) is 1. The number of para-hydroxylation sites is 1. The molecule has 0 aliphatic carbocycles. The zero-order chi connectivity index (χ0) is 15.2. The Morgan fingerprint density at radius 2 is 2.19 bits per heavy atom. The van der Waals surface area contributed by atoms with Gasteiger partial charge in [-0.1, -0.05) is 25.1 Å². The van der Waals surface area contributed by atoms with Crippen molar-refractivity contribution in [2.75, 3.05) is 6.54 Å². The second-order valence-corrected chi connectivity index (χ2v) is 5.25. The van der Waals surface area contributed by atoms with Crippen molar-refractivity contribution in [2.45, 2.75) is 26.9 Å². The van der Waals surface area contributed by atoms with Crippen molar-refractivity contribution in [3.05, 3.63) is 58.2 Å². The van der Waals surface area contributed by atoms with Crippen LogP contribution in [0.2, 0.25) is 0 Å². The second-order valence-electron chi connectivity index (χ2n) is 5.25.